The van der Waals surface area contributed by atoms with Gasteiger partial charge in [-0.05, 0) is 0 Å². The highest BCUT2D eigenvalue weighted by Crippen LogP contribution is 1.96. The first-order chi connectivity index (χ1) is 2.81. The Bertz CT molecular complexity index is 30.0. The number of halogens is 2. The molecule has 0 radical (unpaired) electrons. The summed E-state index contributed by atoms with van der Waals surface area (Å²) in [6.07, 6.45) is 0. The molecule has 0 aliphatic heterocycles. The molecule has 1 atom stereocenters. The summed E-state index contributed by atoms with van der Waals surface area (Å²) in [7, 11) is 0. The summed E-state index contributed by atoms with van der Waals surface area (Å²) in [5.74, 6) is 0. The Morgan fingerprint density at radius 1 is 1.83 bits per heavy atom. The van der Waals surface area contributed by atoms with Crippen molar-refractivity contribution in [2.75, 3.05) is 11.9 Å². The molecule has 0 heterocycles. The van der Waals surface area contributed by atoms with E-state index in [2.05, 4.69) is 15.9 Å². The molecule has 0 aromatic heterocycles. The number of hydrogen-bond donors (Lipinski definition) is 1. The second-order valence-corrected chi connectivity index (χ2v) is 2.20. The molecule has 0 aromatic carbocycles. The van der Waals surface area contributed by atoms with Crippen LogP contribution < -0.4 is 0 Å². The van der Waals surface area contributed by atoms with E-state index in [1.807, 2.05) is 0 Å². The number of aliphatic hydroxyl groups is 1. The van der Waals surface area contributed by atoms with Gasteiger partial charge in [-0.25, -0.2) is 0 Å². The fourth-order valence-electron chi connectivity index (χ4n) is 0.0488. The molecule has 0 bridgehead atoms. The SMILES string of the molecule is OCC(Cl)CBr. The molecule has 0 amide bonds. The Balaban J connectivity index is 2.75. The lowest BCUT2D eigenvalue weighted by Crippen LogP contribution is -2.04. The maximum absolute atomic E-state index is 8.17. The van der Waals surface area contributed by atoms with Gasteiger partial charge in [-0.15, -0.1) is 11.6 Å². The second kappa shape index (κ2) is 3.90. The van der Waals surface area contributed by atoms with E-state index in [1.165, 1.54) is 0 Å². The highest BCUT2D eigenvalue weighted by atomic mass is 79.9. The highest BCUT2D eigenvalue weighted by Gasteiger charge is 1.94. The summed E-state index contributed by atoms with van der Waals surface area (Å²) in [6.45, 7) is 0.0484. The van der Waals surface area contributed by atoms with Crippen LogP contribution in [-0.2, 0) is 0 Å². The van der Waals surface area contributed by atoms with Crippen molar-refractivity contribution in [1.29, 1.82) is 0 Å². The van der Waals surface area contributed by atoms with Gasteiger partial charge in [-0.3, -0.25) is 0 Å². The number of hydrogen-bond acceptors (Lipinski definition) is 1. The van der Waals surface area contributed by atoms with Crippen LogP contribution in [0.15, 0.2) is 0 Å². The average molecular weight is 173 g/mol. The van der Waals surface area contributed by atoms with Crippen LogP contribution in [0, 0.1) is 0 Å². The zero-order valence-electron chi connectivity index (χ0n) is 3.19. The molecule has 1 unspecified atom stereocenters. The van der Waals surface area contributed by atoms with E-state index in [0.717, 1.165) is 0 Å². The van der Waals surface area contributed by atoms with Gasteiger partial charge in [0.2, 0.25) is 0 Å². The highest BCUT2D eigenvalue weighted by molar-refractivity contribution is 9.09. The van der Waals surface area contributed by atoms with Crippen molar-refractivity contribution < 1.29 is 5.11 Å². The van der Waals surface area contributed by atoms with Crippen LogP contribution in [0.3, 0.4) is 0 Å². The van der Waals surface area contributed by atoms with Crippen molar-refractivity contribution in [3.8, 4) is 0 Å². The van der Waals surface area contributed by atoms with Crippen LogP contribution >= 0.6 is 27.5 Å². The lowest BCUT2D eigenvalue weighted by molar-refractivity contribution is 0.299. The predicted octanol–water partition coefficient (Wildman–Crippen LogP) is 0.981. The maximum Gasteiger partial charge on any atom is 0.0663 e. The van der Waals surface area contributed by atoms with Gasteiger partial charge < -0.3 is 5.11 Å². The largest absolute Gasteiger partial charge is 0.395 e. The van der Waals surface area contributed by atoms with E-state index in [-0.39, 0.29) is 12.0 Å². The first-order valence-corrected chi connectivity index (χ1v) is 3.18. The first kappa shape index (κ1) is 6.73. The van der Waals surface area contributed by atoms with Crippen LogP contribution in [0.2, 0.25) is 0 Å². The fraction of sp³-hybridized carbons (Fsp3) is 1.00. The van der Waals surface area contributed by atoms with Crippen molar-refractivity contribution in [1.82, 2.24) is 0 Å². The van der Waals surface area contributed by atoms with Gasteiger partial charge in [0.25, 0.3) is 0 Å². The molecule has 3 heteroatoms. The van der Waals surface area contributed by atoms with Gasteiger partial charge in [-0.1, -0.05) is 15.9 Å². The second-order valence-electron chi connectivity index (χ2n) is 0.934. The minimum absolute atomic E-state index is 0.0484. The lowest BCUT2D eigenvalue weighted by Gasteiger charge is -1.93. The quantitative estimate of drug-likeness (QED) is 0.617. The molecule has 0 aliphatic carbocycles. The average Bonchev–Trinajstić information content (AvgIpc) is 1.65. The van der Waals surface area contributed by atoms with Gasteiger partial charge in [-0.2, -0.15) is 0 Å². The van der Waals surface area contributed by atoms with Crippen LogP contribution in [0.4, 0.5) is 0 Å². The third-order valence-electron chi connectivity index (χ3n) is 0.366. The molecule has 0 saturated heterocycles. The molecule has 0 fully saturated rings. The zero-order valence-corrected chi connectivity index (χ0v) is 5.54. The van der Waals surface area contributed by atoms with Crippen molar-refractivity contribution in [3.05, 3.63) is 0 Å². The Morgan fingerprint density at radius 2 is 2.33 bits per heavy atom. The molecular weight excluding hydrogens is 167 g/mol. The minimum atomic E-state index is -0.120. The molecule has 0 aliphatic rings. The van der Waals surface area contributed by atoms with Crippen LogP contribution in [0.25, 0.3) is 0 Å². The molecule has 0 saturated carbocycles. The third kappa shape index (κ3) is 2.94. The van der Waals surface area contributed by atoms with Crippen molar-refractivity contribution >= 4 is 27.5 Å². The van der Waals surface area contributed by atoms with Gasteiger partial charge >= 0.3 is 0 Å². The summed E-state index contributed by atoms with van der Waals surface area (Å²) in [5.41, 5.74) is 0. The molecule has 38 valence electrons. The topological polar surface area (TPSA) is 20.2 Å². The summed E-state index contributed by atoms with van der Waals surface area (Å²) < 4.78 is 0. The van der Waals surface area contributed by atoms with E-state index in [1.54, 1.807) is 0 Å². The minimum Gasteiger partial charge on any atom is -0.395 e. The first-order valence-electron chi connectivity index (χ1n) is 1.62. The lowest BCUT2D eigenvalue weighted by atomic mass is 10.5. The van der Waals surface area contributed by atoms with Crippen LogP contribution in [0.1, 0.15) is 0 Å². The smallest absolute Gasteiger partial charge is 0.0663 e. The maximum atomic E-state index is 8.17. The van der Waals surface area contributed by atoms with Crippen molar-refractivity contribution in [3.63, 3.8) is 0 Å². The van der Waals surface area contributed by atoms with Gasteiger partial charge in [0.05, 0.1) is 12.0 Å². The van der Waals surface area contributed by atoms with Gasteiger partial charge in [0, 0.05) is 5.33 Å². The molecular formula is C3H6BrClO. The van der Waals surface area contributed by atoms with Crippen LogP contribution in [-0.4, -0.2) is 22.4 Å². The molecule has 0 aromatic rings. The summed E-state index contributed by atoms with van der Waals surface area (Å²) >= 11 is 8.44. The monoisotopic (exact) mass is 172 g/mol. The zero-order chi connectivity index (χ0) is 4.99. The number of rotatable bonds is 2. The van der Waals surface area contributed by atoms with Gasteiger partial charge in [0.1, 0.15) is 0 Å². The predicted molar refractivity (Wildman–Crippen MR) is 30.5 cm³/mol. The van der Waals surface area contributed by atoms with E-state index >= 15 is 0 Å². The fourth-order valence-corrected chi connectivity index (χ4v) is 0.254. The van der Waals surface area contributed by atoms with Crippen molar-refractivity contribution in [2.24, 2.45) is 0 Å². The van der Waals surface area contributed by atoms with E-state index in [0.29, 0.717) is 5.33 Å². The molecule has 0 spiro atoms. The molecule has 6 heavy (non-hydrogen) atoms. The normalized spacial score (nSPS) is 14.5. The van der Waals surface area contributed by atoms with Gasteiger partial charge in [0.15, 0.2) is 0 Å². The van der Waals surface area contributed by atoms with Crippen molar-refractivity contribution in [2.45, 2.75) is 5.38 Å². The van der Waals surface area contributed by atoms with E-state index in [4.69, 9.17) is 16.7 Å². The number of aliphatic hydroxyl groups excluding tert-OH is 1. The summed E-state index contributed by atoms with van der Waals surface area (Å²) in [6, 6.07) is 0. The summed E-state index contributed by atoms with van der Waals surface area (Å²) in [4.78, 5) is 0. The standard InChI is InChI=1S/C3H6BrClO/c4-1-3(5)2-6/h3,6H,1-2H2. The molecule has 0 rings (SSSR count). The molecule has 1 nitrogen and oxygen atoms in total. The Morgan fingerprint density at radius 3 is 2.33 bits per heavy atom. The summed E-state index contributed by atoms with van der Waals surface area (Å²) in [5, 5.41) is 8.71. The van der Waals surface area contributed by atoms with E-state index < -0.39 is 0 Å². The Hall–Kier alpha value is 0.730. The molecule has 1 N–H and O–H groups in total. The third-order valence-corrected chi connectivity index (χ3v) is 1.81. The Kier molecular flexibility index (Phi) is 4.38. The number of alkyl halides is 2. The van der Waals surface area contributed by atoms with E-state index in [9.17, 15) is 0 Å². The van der Waals surface area contributed by atoms with Crippen LogP contribution in [0.5, 0.6) is 0 Å². The Labute approximate surface area is 50.4 Å².